The van der Waals surface area contributed by atoms with Gasteiger partial charge >= 0.3 is 10.1 Å². The van der Waals surface area contributed by atoms with Gasteiger partial charge < -0.3 is 8.71 Å². The highest BCUT2D eigenvalue weighted by atomic mass is 35.5. The Morgan fingerprint density at radius 3 is 2.69 bits per heavy atom. The van der Waals surface area contributed by atoms with Crippen LogP contribution in [0.25, 0.3) is 11.0 Å². The highest BCUT2D eigenvalue weighted by molar-refractivity contribution is 7.86. The van der Waals surface area contributed by atoms with Crippen LogP contribution in [0.1, 0.15) is 0 Å². The third-order valence-electron chi connectivity index (χ3n) is 1.69. The van der Waals surface area contributed by atoms with E-state index in [1.807, 2.05) is 0 Å². The first-order chi connectivity index (χ1) is 7.37. The number of hydrogen-bond acceptors (Lipinski definition) is 5. The van der Waals surface area contributed by atoms with E-state index in [1.54, 1.807) is 0 Å². The van der Waals surface area contributed by atoms with Gasteiger partial charge in [-0.1, -0.05) is 23.2 Å². The number of fused-ring (bicyclic) bond motifs is 1. The lowest BCUT2D eigenvalue weighted by molar-refractivity contribution is 0.406. The van der Waals surface area contributed by atoms with Crippen LogP contribution in [0, 0.1) is 0 Å². The van der Waals surface area contributed by atoms with Gasteiger partial charge in [-0.05, 0) is 17.3 Å². The molecule has 0 aliphatic heterocycles. The fourth-order valence-electron chi connectivity index (χ4n) is 1.15. The Kier molecular flexibility index (Phi) is 2.73. The van der Waals surface area contributed by atoms with Gasteiger partial charge in [0, 0.05) is 5.02 Å². The second kappa shape index (κ2) is 3.80. The summed E-state index contributed by atoms with van der Waals surface area (Å²) in [6, 6.07) is 2.92. The molecule has 0 spiro atoms. The number of halogens is 2. The maximum absolute atomic E-state index is 10.9. The van der Waals surface area contributed by atoms with Crippen molar-refractivity contribution < 1.29 is 17.1 Å². The lowest BCUT2D eigenvalue weighted by Gasteiger charge is -1.97. The maximum atomic E-state index is 10.9. The Hall–Kier alpha value is -0.980. The molecule has 1 aromatic heterocycles. The van der Waals surface area contributed by atoms with E-state index in [4.69, 9.17) is 27.7 Å². The van der Waals surface area contributed by atoms with Crippen molar-refractivity contribution in [1.82, 2.24) is 5.16 Å². The zero-order valence-corrected chi connectivity index (χ0v) is 10.2. The van der Waals surface area contributed by atoms with Gasteiger partial charge in [0.05, 0.1) is 16.7 Å². The molecule has 0 saturated heterocycles. The van der Waals surface area contributed by atoms with Crippen LogP contribution in [0.4, 0.5) is 0 Å². The molecule has 0 unspecified atom stereocenters. The minimum absolute atomic E-state index is 0.179. The summed E-state index contributed by atoms with van der Waals surface area (Å²) >= 11 is 11.6. The molecule has 5 nitrogen and oxygen atoms in total. The van der Waals surface area contributed by atoms with E-state index in [-0.39, 0.29) is 16.5 Å². The Labute approximate surface area is 101 Å². The molecule has 1 heterocycles. The Morgan fingerprint density at radius 1 is 1.38 bits per heavy atom. The standard InChI is InChI=1S/C8H5Cl2NO4S/c1-16(12,13)15-8-5-2-4(9)3-6(10)7(5)14-11-8/h2-3H,1H3. The number of hydrogen-bond donors (Lipinski definition) is 0. The average molecular weight is 282 g/mol. The van der Waals surface area contributed by atoms with Gasteiger partial charge in [-0.3, -0.25) is 0 Å². The summed E-state index contributed by atoms with van der Waals surface area (Å²) < 4.78 is 31.4. The lowest BCUT2D eigenvalue weighted by atomic mass is 10.2. The molecular formula is C8H5Cl2NO4S. The summed E-state index contributed by atoms with van der Waals surface area (Å²) in [6.07, 6.45) is 0.902. The highest BCUT2D eigenvalue weighted by Gasteiger charge is 2.17. The van der Waals surface area contributed by atoms with E-state index in [9.17, 15) is 8.42 Å². The van der Waals surface area contributed by atoms with Gasteiger partial charge in [0.1, 0.15) is 0 Å². The normalized spacial score (nSPS) is 11.9. The fraction of sp³-hybridized carbons (Fsp3) is 0.125. The van der Waals surface area contributed by atoms with Crippen molar-refractivity contribution in [2.45, 2.75) is 0 Å². The number of rotatable bonds is 2. The minimum atomic E-state index is -3.67. The molecule has 0 radical (unpaired) electrons. The first-order valence-electron chi connectivity index (χ1n) is 4.01. The molecule has 8 heteroatoms. The van der Waals surface area contributed by atoms with Gasteiger partial charge in [0.25, 0.3) is 5.88 Å². The summed E-state index contributed by atoms with van der Waals surface area (Å²) in [5, 5.41) is 4.34. The Morgan fingerprint density at radius 2 is 2.06 bits per heavy atom. The maximum Gasteiger partial charge on any atom is 0.307 e. The van der Waals surface area contributed by atoms with E-state index < -0.39 is 10.1 Å². The Balaban J connectivity index is 2.65. The number of benzene rings is 1. The van der Waals surface area contributed by atoms with Gasteiger partial charge in [-0.25, -0.2) is 0 Å². The molecule has 86 valence electrons. The smallest absolute Gasteiger partial charge is 0.307 e. The summed E-state index contributed by atoms with van der Waals surface area (Å²) in [5.41, 5.74) is 0.227. The van der Waals surface area contributed by atoms with Crippen LogP contribution in [0.2, 0.25) is 10.0 Å². The van der Waals surface area contributed by atoms with Crippen LogP contribution in [-0.4, -0.2) is 19.8 Å². The average Bonchev–Trinajstić information content (AvgIpc) is 2.46. The molecule has 0 atom stereocenters. The molecule has 0 bridgehead atoms. The predicted octanol–water partition coefficient (Wildman–Crippen LogP) is 2.47. The van der Waals surface area contributed by atoms with Crippen molar-refractivity contribution in [3.8, 4) is 5.88 Å². The van der Waals surface area contributed by atoms with Crippen molar-refractivity contribution >= 4 is 44.3 Å². The van der Waals surface area contributed by atoms with Crippen LogP contribution < -0.4 is 4.18 Å². The van der Waals surface area contributed by atoms with Crippen molar-refractivity contribution in [3.05, 3.63) is 22.2 Å². The predicted molar refractivity (Wildman–Crippen MR) is 59.5 cm³/mol. The summed E-state index contributed by atoms with van der Waals surface area (Å²) in [5.74, 6) is -0.179. The quantitative estimate of drug-likeness (QED) is 0.791. The van der Waals surface area contributed by atoms with Crippen LogP contribution >= 0.6 is 23.2 Å². The van der Waals surface area contributed by atoms with Crippen LogP contribution in [0.15, 0.2) is 16.7 Å². The molecule has 0 saturated carbocycles. The third-order valence-corrected chi connectivity index (χ3v) is 2.65. The van der Waals surface area contributed by atoms with Gasteiger partial charge in [0.15, 0.2) is 5.58 Å². The first-order valence-corrected chi connectivity index (χ1v) is 6.58. The number of aromatic nitrogens is 1. The third kappa shape index (κ3) is 2.23. The fourth-order valence-corrected chi connectivity index (χ4v) is 2.09. The SMILES string of the molecule is CS(=O)(=O)Oc1noc2c(Cl)cc(Cl)cc12. The molecule has 16 heavy (non-hydrogen) atoms. The number of nitrogens with zero attached hydrogens (tertiary/aromatic N) is 1. The monoisotopic (exact) mass is 281 g/mol. The molecule has 0 amide bonds. The van der Waals surface area contributed by atoms with Gasteiger partial charge in [0.2, 0.25) is 0 Å². The molecule has 2 rings (SSSR count). The molecule has 2 aromatic rings. The largest absolute Gasteiger partial charge is 0.358 e. The van der Waals surface area contributed by atoms with E-state index >= 15 is 0 Å². The van der Waals surface area contributed by atoms with Crippen LogP contribution in [-0.2, 0) is 10.1 Å². The second-order valence-corrected chi connectivity index (χ2v) is 5.46. The molecule has 0 fully saturated rings. The first kappa shape index (κ1) is 11.5. The molecular weight excluding hydrogens is 277 g/mol. The molecule has 0 aliphatic carbocycles. The van der Waals surface area contributed by atoms with Gasteiger partial charge in [-0.15, -0.1) is 0 Å². The molecule has 0 N–H and O–H groups in total. The van der Waals surface area contributed by atoms with Crippen molar-refractivity contribution in [2.24, 2.45) is 0 Å². The summed E-state index contributed by atoms with van der Waals surface area (Å²) in [6.45, 7) is 0. The van der Waals surface area contributed by atoms with Crippen molar-refractivity contribution in [2.75, 3.05) is 6.26 Å². The van der Waals surface area contributed by atoms with E-state index in [0.717, 1.165) is 6.26 Å². The topological polar surface area (TPSA) is 69.4 Å². The molecule has 1 aromatic carbocycles. The Bertz CT molecular complexity index is 649. The van der Waals surface area contributed by atoms with Gasteiger partial charge in [-0.2, -0.15) is 8.42 Å². The van der Waals surface area contributed by atoms with E-state index in [0.29, 0.717) is 10.4 Å². The van der Waals surface area contributed by atoms with E-state index in [1.165, 1.54) is 12.1 Å². The van der Waals surface area contributed by atoms with Crippen molar-refractivity contribution in [3.63, 3.8) is 0 Å². The highest BCUT2D eigenvalue weighted by Crippen LogP contribution is 2.33. The van der Waals surface area contributed by atoms with Crippen molar-refractivity contribution in [1.29, 1.82) is 0 Å². The van der Waals surface area contributed by atoms with E-state index in [2.05, 4.69) is 9.34 Å². The molecule has 0 aliphatic rings. The summed E-state index contributed by atoms with van der Waals surface area (Å²) in [7, 11) is -3.67. The zero-order valence-electron chi connectivity index (χ0n) is 7.90. The second-order valence-electron chi connectivity index (χ2n) is 3.04. The summed E-state index contributed by atoms with van der Waals surface area (Å²) in [4.78, 5) is 0. The minimum Gasteiger partial charge on any atom is -0.358 e. The van der Waals surface area contributed by atoms with Crippen LogP contribution in [0.5, 0.6) is 5.88 Å². The zero-order chi connectivity index (χ0) is 11.9. The van der Waals surface area contributed by atoms with Crippen LogP contribution in [0.3, 0.4) is 0 Å². The lowest BCUT2D eigenvalue weighted by Crippen LogP contribution is -2.05.